The van der Waals surface area contributed by atoms with Gasteiger partial charge in [-0.15, -0.1) is 0 Å². The number of nitrogens with two attached hydrogens (primary N) is 1. The molecule has 0 aliphatic rings. The maximum atomic E-state index is 11.7. The number of carbonyl (C=O) groups excluding carboxylic acids is 1. The number of hydrogen-bond donors (Lipinski definition) is 2. The first kappa shape index (κ1) is 14.4. The highest BCUT2D eigenvalue weighted by Gasteiger charge is 2.29. The minimum atomic E-state index is -0.690. The Morgan fingerprint density at radius 2 is 1.87 bits per heavy atom. The third-order valence-corrected chi connectivity index (χ3v) is 3.03. The number of nitrogens with zero attached hydrogens (tertiary/aromatic N) is 1. The summed E-state index contributed by atoms with van der Waals surface area (Å²) in [6.07, 6.45) is 1.36. The first-order chi connectivity index (χ1) is 7.00. The van der Waals surface area contributed by atoms with Gasteiger partial charge in [-0.05, 0) is 26.4 Å². The highest BCUT2D eigenvalue weighted by Crippen LogP contribution is 2.10. The molecule has 3 N–H and O–H groups in total. The zero-order chi connectivity index (χ0) is 11.9. The molecule has 0 fully saturated rings. The van der Waals surface area contributed by atoms with Crippen LogP contribution in [-0.4, -0.2) is 43.0 Å². The van der Waals surface area contributed by atoms with Crippen LogP contribution in [0, 0.1) is 0 Å². The van der Waals surface area contributed by atoms with Crippen LogP contribution in [0.1, 0.15) is 33.6 Å². The van der Waals surface area contributed by atoms with Gasteiger partial charge in [0.2, 0.25) is 5.91 Å². The van der Waals surface area contributed by atoms with Gasteiger partial charge < -0.3 is 16.0 Å². The molecule has 0 heterocycles. The van der Waals surface area contributed by atoms with Crippen LogP contribution in [0.5, 0.6) is 0 Å². The molecule has 0 aromatic heterocycles. The van der Waals surface area contributed by atoms with Crippen molar-refractivity contribution in [1.29, 1.82) is 0 Å². The van der Waals surface area contributed by atoms with Crippen molar-refractivity contribution in [2.75, 3.05) is 26.7 Å². The van der Waals surface area contributed by atoms with E-state index in [1.807, 2.05) is 20.9 Å². The predicted molar refractivity (Wildman–Crippen MR) is 63.7 cm³/mol. The van der Waals surface area contributed by atoms with Gasteiger partial charge in [0.25, 0.3) is 0 Å². The predicted octanol–water partition coefficient (Wildman–Crippen LogP) is 0.572. The fourth-order valence-electron chi connectivity index (χ4n) is 1.27. The largest absolute Gasteiger partial charge is 0.353 e. The van der Waals surface area contributed by atoms with Crippen LogP contribution in [-0.2, 0) is 4.79 Å². The fraction of sp³-hybridized carbons (Fsp3) is 0.909. The van der Waals surface area contributed by atoms with Crippen LogP contribution in [0.2, 0.25) is 0 Å². The van der Waals surface area contributed by atoms with E-state index in [1.54, 1.807) is 0 Å². The average molecular weight is 215 g/mol. The minimum Gasteiger partial charge on any atom is -0.353 e. The molecular weight excluding hydrogens is 190 g/mol. The highest BCUT2D eigenvalue weighted by molar-refractivity contribution is 5.85. The number of rotatable bonds is 7. The molecule has 0 radical (unpaired) electrons. The average Bonchev–Trinajstić information content (AvgIpc) is 2.27. The van der Waals surface area contributed by atoms with E-state index in [2.05, 4.69) is 17.1 Å². The topological polar surface area (TPSA) is 58.4 Å². The molecule has 15 heavy (non-hydrogen) atoms. The van der Waals surface area contributed by atoms with E-state index in [4.69, 9.17) is 5.73 Å². The molecule has 0 aromatic rings. The van der Waals surface area contributed by atoms with E-state index in [1.165, 1.54) is 0 Å². The summed E-state index contributed by atoms with van der Waals surface area (Å²) in [7, 11) is 2.03. The van der Waals surface area contributed by atoms with Gasteiger partial charge in [0.15, 0.2) is 0 Å². The summed E-state index contributed by atoms with van der Waals surface area (Å²) in [6.45, 7) is 8.51. The van der Waals surface area contributed by atoms with E-state index in [-0.39, 0.29) is 5.91 Å². The molecule has 4 heteroatoms. The lowest BCUT2D eigenvalue weighted by Gasteiger charge is -2.25. The first-order valence-corrected chi connectivity index (χ1v) is 5.75. The molecule has 0 rings (SSSR count). The monoisotopic (exact) mass is 215 g/mol. The van der Waals surface area contributed by atoms with Gasteiger partial charge in [0, 0.05) is 13.1 Å². The molecule has 0 aliphatic heterocycles. The number of hydrogen-bond acceptors (Lipinski definition) is 3. The smallest absolute Gasteiger partial charge is 0.240 e. The Kier molecular flexibility index (Phi) is 6.52. The van der Waals surface area contributed by atoms with Crippen LogP contribution in [0.15, 0.2) is 0 Å². The van der Waals surface area contributed by atoms with E-state index < -0.39 is 5.54 Å². The second-order valence-electron chi connectivity index (χ2n) is 4.02. The van der Waals surface area contributed by atoms with Gasteiger partial charge in [-0.1, -0.05) is 20.8 Å². The first-order valence-electron chi connectivity index (χ1n) is 5.75. The van der Waals surface area contributed by atoms with Crippen molar-refractivity contribution in [3.8, 4) is 0 Å². The van der Waals surface area contributed by atoms with Crippen LogP contribution in [0.4, 0.5) is 0 Å². The molecule has 0 aliphatic carbocycles. The van der Waals surface area contributed by atoms with Crippen molar-refractivity contribution in [2.45, 2.75) is 39.2 Å². The standard InChI is InChI=1S/C11H25N3O/c1-5-11(12,6-2)10(15)13-8-9-14(4)7-3/h5-9,12H2,1-4H3,(H,13,15). The molecule has 0 aromatic carbocycles. The van der Waals surface area contributed by atoms with Crippen LogP contribution >= 0.6 is 0 Å². The Labute approximate surface area is 93.2 Å². The fourth-order valence-corrected chi connectivity index (χ4v) is 1.27. The lowest BCUT2D eigenvalue weighted by atomic mass is 9.93. The minimum absolute atomic E-state index is 0.0306. The van der Waals surface area contributed by atoms with E-state index in [0.29, 0.717) is 19.4 Å². The third kappa shape index (κ3) is 4.62. The lowest BCUT2D eigenvalue weighted by Crippen LogP contribution is -2.54. The zero-order valence-corrected chi connectivity index (χ0v) is 10.5. The summed E-state index contributed by atoms with van der Waals surface area (Å²) >= 11 is 0. The van der Waals surface area contributed by atoms with Gasteiger partial charge in [-0.25, -0.2) is 0 Å². The van der Waals surface area contributed by atoms with Crippen LogP contribution < -0.4 is 11.1 Å². The molecule has 0 saturated heterocycles. The maximum Gasteiger partial charge on any atom is 0.240 e. The van der Waals surface area contributed by atoms with Crippen molar-refractivity contribution in [1.82, 2.24) is 10.2 Å². The summed E-state index contributed by atoms with van der Waals surface area (Å²) < 4.78 is 0. The molecule has 0 saturated carbocycles. The Morgan fingerprint density at radius 3 is 2.27 bits per heavy atom. The van der Waals surface area contributed by atoms with Crippen LogP contribution in [0.3, 0.4) is 0 Å². The van der Waals surface area contributed by atoms with Crippen LogP contribution in [0.25, 0.3) is 0 Å². The summed E-state index contributed by atoms with van der Waals surface area (Å²) in [4.78, 5) is 13.9. The molecule has 90 valence electrons. The number of nitrogens with one attached hydrogen (secondary N) is 1. The Morgan fingerprint density at radius 1 is 1.33 bits per heavy atom. The summed E-state index contributed by atoms with van der Waals surface area (Å²) in [5.74, 6) is -0.0306. The van der Waals surface area contributed by atoms with Crippen molar-refractivity contribution in [3.63, 3.8) is 0 Å². The van der Waals surface area contributed by atoms with Crippen molar-refractivity contribution < 1.29 is 4.79 Å². The molecule has 0 spiro atoms. The quantitative estimate of drug-likeness (QED) is 0.653. The summed E-state index contributed by atoms with van der Waals surface area (Å²) in [6, 6.07) is 0. The Balaban J connectivity index is 3.92. The van der Waals surface area contributed by atoms with Gasteiger partial charge >= 0.3 is 0 Å². The van der Waals surface area contributed by atoms with Crippen molar-refractivity contribution in [3.05, 3.63) is 0 Å². The molecule has 0 bridgehead atoms. The summed E-state index contributed by atoms with van der Waals surface area (Å²) in [5.41, 5.74) is 5.27. The summed E-state index contributed by atoms with van der Waals surface area (Å²) in [5, 5.41) is 2.88. The molecule has 0 unspecified atom stereocenters. The number of amides is 1. The second kappa shape index (κ2) is 6.80. The molecule has 0 atom stereocenters. The maximum absolute atomic E-state index is 11.7. The van der Waals surface area contributed by atoms with Crippen molar-refractivity contribution >= 4 is 5.91 Å². The SMILES string of the molecule is CCN(C)CCNC(=O)C(N)(CC)CC. The zero-order valence-electron chi connectivity index (χ0n) is 10.5. The second-order valence-corrected chi connectivity index (χ2v) is 4.02. The normalized spacial score (nSPS) is 11.9. The van der Waals surface area contributed by atoms with Gasteiger partial charge in [-0.3, -0.25) is 4.79 Å². The van der Waals surface area contributed by atoms with E-state index in [0.717, 1.165) is 13.1 Å². The van der Waals surface area contributed by atoms with Crippen molar-refractivity contribution in [2.24, 2.45) is 5.73 Å². The Hall–Kier alpha value is -0.610. The molecule has 1 amide bonds. The number of carbonyl (C=O) groups is 1. The van der Waals surface area contributed by atoms with Gasteiger partial charge in [0.1, 0.15) is 0 Å². The molecular formula is C11H25N3O. The third-order valence-electron chi connectivity index (χ3n) is 3.03. The molecule has 4 nitrogen and oxygen atoms in total. The van der Waals surface area contributed by atoms with Gasteiger partial charge in [0.05, 0.1) is 5.54 Å². The number of likely N-dealkylation sites (N-methyl/N-ethyl adjacent to an activating group) is 1. The van der Waals surface area contributed by atoms with E-state index >= 15 is 0 Å². The lowest BCUT2D eigenvalue weighted by molar-refractivity contribution is -0.126. The van der Waals surface area contributed by atoms with Gasteiger partial charge in [-0.2, -0.15) is 0 Å². The Bertz CT molecular complexity index is 190. The highest BCUT2D eigenvalue weighted by atomic mass is 16.2. The van der Waals surface area contributed by atoms with E-state index in [9.17, 15) is 4.79 Å².